The van der Waals surface area contributed by atoms with E-state index in [4.69, 9.17) is 5.73 Å². The highest BCUT2D eigenvalue weighted by Gasteiger charge is 2.26. The first-order valence-electron chi connectivity index (χ1n) is 5.72. The van der Waals surface area contributed by atoms with E-state index >= 15 is 0 Å². The monoisotopic (exact) mass is 205 g/mol. The minimum absolute atomic E-state index is 0.0683. The van der Waals surface area contributed by atoms with Crippen LogP contribution in [-0.2, 0) is 0 Å². The second kappa shape index (κ2) is 3.89. The predicted molar refractivity (Wildman–Crippen MR) is 60.7 cm³/mol. The normalized spacial score (nSPS) is 18.2. The lowest BCUT2D eigenvalue weighted by Crippen LogP contribution is -2.13. The molecule has 1 fully saturated rings. The van der Waals surface area contributed by atoms with Crippen molar-refractivity contribution in [1.29, 1.82) is 0 Å². The smallest absolute Gasteiger partial charge is 0.145 e. The van der Waals surface area contributed by atoms with Crippen LogP contribution in [0.25, 0.3) is 0 Å². The second-order valence-corrected chi connectivity index (χ2v) is 4.79. The van der Waals surface area contributed by atoms with Gasteiger partial charge in [0.05, 0.1) is 6.04 Å². The van der Waals surface area contributed by atoms with Crippen LogP contribution in [-0.4, -0.2) is 9.97 Å². The van der Waals surface area contributed by atoms with Gasteiger partial charge in [-0.3, -0.25) is 0 Å². The van der Waals surface area contributed by atoms with E-state index in [0.29, 0.717) is 11.8 Å². The number of hydrogen-bond acceptors (Lipinski definition) is 3. The topological polar surface area (TPSA) is 51.8 Å². The Kier molecular flexibility index (Phi) is 2.74. The fraction of sp³-hybridized carbons (Fsp3) is 0.667. The van der Waals surface area contributed by atoms with Gasteiger partial charge in [-0.25, -0.2) is 9.97 Å². The van der Waals surface area contributed by atoms with Crippen LogP contribution in [0.3, 0.4) is 0 Å². The fourth-order valence-corrected chi connectivity index (χ4v) is 1.59. The van der Waals surface area contributed by atoms with Crippen LogP contribution >= 0.6 is 0 Å². The molecule has 82 valence electrons. The Morgan fingerprint density at radius 1 is 1.27 bits per heavy atom. The molecule has 0 spiro atoms. The summed E-state index contributed by atoms with van der Waals surface area (Å²) >= 11 is 0. The number of nitrogens with two attached hydrogens (primary N) is 1. The van der Waals surface area contributed by atoms with Crippen LogP contribution in [0, 0.1) is 0 Å². The molecule has 1 atom stereocenters. The highest BCUT2D eigenvalue weighted by atomic mass is 14.9. The Labute approximate surface area is 91.1 Å². The van der Waals surface area contributed by atoms with Gasteiger partial charge in [-0.1, -0.05) is 13.8 Å². The van der Waals surface area contributed by atoms with Gasteiger partial charge in [0.2, 0.25) is 0 Å². The van der Waals surface area contributed by atoms with Crippen LogP contribution in [0.2, 0.25) is 0 Å². The molecule has 0 radical (unpaired) electrons. The van der Waals surface area contributed by atoms with E-state index in [1.165, 1.54) is 18.5 Å². The minimum Gasteiger partial charge on any atom is -0.322 e. The van der Waals surface area contributed by atoms with Crippen molar-refractivity contribution < 1.29 is 0 Å². The summed E-state index contributed by atoms with van der Waals surface area (Å²) in [5.41, 5.74) is 8.17. The van der Waals surface area contributed by atoms with E-state index in [2.05, 4.69) is 29.9 Å². The zero-order valence-electron chi connectivity index (χ0n) is 9.70. The summed E-state index contributed by atoms with van der Waals surface area (Å²) in [5, 5.41) is 0. The summed E-state index contributed by atoms with van der Waals surface area (Å²) in [5.74, 6) is 1.91. The number of rotatable bonds is 3. The summed E-state index contributed by atoms with van der Waals surface area (Å²) in [6.45, 7) is 6.25. The van der Waals surface area contributed by atoms with E-state index in [9.17, 15) is 0 Å². The minimum atomic E-state index is -0.0683. The van der Waals surface area contributed by atoms with Crippen molar-refractivity contribution in [3.05, 3.63) is 23.3 Å². The molecule has 1 unspecified atom stereocenters. The molecule has 1 aromatic rings. The van der Waals surface area contributed by atoms with E-state index in [0.717, 1.165) is 11.5 Å². The maximum Gasteiger partial charge on any atom is 0.145 e. The SMILES string of the molecule is CC(C)c1cc(C2CC2)nc(C(C)N)n1. The Hall–Kier alpha value is -0.960. The largest absolute Gasteiger partial charge is 0.322 e. The lowest BCUT2D eigenvalue weighted by atomic mass is 10.1. The van der Waals surface area contributed by atoms with Crippen molar-refractivity contribution in [3.63, 3.8) is 0 Å². The van der Waals surface area contributed by atoms with Crippen LogP contribution in [0.4, 0.5) is 0 Å². The first-order chi connectivity index (χ1) is 7.08. The lowest BCUT2D eigenvalue weighted by molar-refractivity contribution is 0.694. The summed E-state index contributed by atoms with van der Waals surface area (Å²) < 4.78 is 0. The van der Waals surface area contributed by atoms with Gasteiger partial charge >= 0.3 is 0 Å². The molecule has 1 aromatic heterocycles. The maximum absolute atomic E-state index is 5.85. The van der Waals surface area contributed by atoms with Gasteiger partial charge in [0.1, 0.15) is 5.82 Å². The van der Waals surface area contributed by atoms with Crippen molar-refractivity contribution in [2.24, 2.45) is 5.73 Å². The Balaban J connectivity index is 2.39. The molecule has 0 aromatic carbocycles. The second-order valence-electron chi connectivity index (χ2n) is 4.79. The highest BCUT2D eigenvalue weighted by molar-refractivity contribution is 5.21. The van der Waals surface area contributed by atoms with E-state index in [1.807, 2.05) is 6.92 Å². The van der Waals surface area contributed by atoms with Gasteiger partial charge < -0.3 is 5.73 Å². The summed E-state index contributed by atoms with van der Waals surface area (Å²) in [7, 11) is 0. The van der Waals surface area contributed by atoms with Crippen molar-refractivity contribution in [2.45, 2.75) is 51.5 Å². The molecule has 0 amide bonds. The van der Waals surface area contributed by atoms with E-state index < -0.39 is 0 Å². The molecule has 2 N–H and O–H groups in total. The molecular formula is C12H19N3. The molecular weight excluding hydrogens is 186 g/mol. The van der Waals surface area contributed by atoms with Crippen LogP contribution < -0.4 is 5.73 Å². The summed E-state index contributed by atoms with van der Waals surface area (Å²) in [6, 6.07) is 2.08. The number of aromatic nitrogens is 2. The average molecular weight is 205 g/mol. The van der Waals surface area contributed by atoms with Crippen LogP contribution in [0.1, 0.15) is 68.7 Å². The van der Waals surface area contributed by atoms with Crippen molar-refractivity contribution in [2.75, 3.05) is 0 Å². The Bertz CT molecular complexity index is 297. The Morgan fingerprint density at radius 2 is 1.93 bits per heavy atom. The maximum atomic E-state index is 5.85. The fourth-order valence-electron chi connectivity index (χ4n) is 1.59. The molecule has 1 aliphatic carbocycles. The molecule has 2 rings (SSSR count). The highest BCUT2D eigenvalue weighted by Crippen LogP contribution is 2.39. The van der Waals surface area contributed by atoms with E-state index in [1.54, 1.807) is 0 Å². The van der Waals surface area contributed by atoms with Gasteiger partial charge in [-0.05, 0) is 31.7 Å². The van der Waals surface area contributed by atoms with Crippen LogP contribution in [0.15, 0.2) is 6.07 Å². The molecule has 0 bridgehead atoms. The first kappa shape index (κ1) is 10.6. The van der Waals surface area contributed by atoms with Crippen molar-refractivity contribution in [1.82, 2.24) is 9.97 Å². The molecule has 1 saturated carbocycles. The standard InChI is InChI=1S/C12H19N3/c1-7(2)10-6-11(9-4-5-9)15-12(14-10)8(3)13/h6-9H,4-5,13H2,1-3H3. The molecule has 3 heteroatoms. The van der Waals surface area contributed by atoms with Gasteiger partial charge in [0.25, 0.3) is 0 Å². The zero-order valence-corrected chi connectivity index (χ0v) is 9.70. The Morgan fingerprint density at radius 3 is 2.40 bits per heavy atom. The third-order valence-corrected chi connectivity index (χ3v) is 2.78. The first-order valence-corrected chi connectivity index (χ1v) is 5.72. The summed E-state index contributed by atoms with van der Waals surface area (Å²) in [6.07, 6.45) is 2.54. The van der Waals surface area contributed by atoms with Gasteiger partial charge in [-0.15, -0.1) is 0 Å². The zero-order chi connectivity index (χ0) is 11.0. The molecule has 1 heterocycles. The van der Waals surface area contributed by atoms with Crippen molar-refractivity contribution in [3.8, 4) is 0 Å². The van der Waals surface area contributed by atoms with Gasteiger partial charge in [-0.2, -0.15) is 0 Å². The lowest BCUT2D eigenvalue weighted by Gasteiger charge is -2.11. The third kappa shape index (κ3) is 2.34. The third-order valence-electron chi connectivity index (χ3n) is 2.78. The van der Waals surface area contributed by atoms with Crippen LogP contribution in [0.5, 0.6) is 0 Å². The van der Waals surface area contributed by atoms with Gasteiger partial charge in [0, 0.05) is 17.3 Å². The number of hydrogen-bond donors (Lipinski definition) is 1. The molecule has 0 saturated heterocycles. The average Bonchev–Trinajstić information content (AvgIpc) is 3.00. The molecule has 3 nitrogen and oxygen atoms in total. The predicted octanol–water partition coefficient (Wildman–Crippen LogP) is 2.50. The molecule has 0 aliphatic heterocycles. The van der Waals surface area contributed by atoms with Crippen molar-refractivity contribution >= 4 is 0 Å². The van der Waals surface area contributed by atoms with Gasteiger partial charge in [0.15, 0.2) is 0 Å². The van der Waals surface area contributed by atoms with E-state index in [-0.39, 0.29) is 6.04 Å². The number of nitrogens with zero attached hydrogens (tertiary/aromatic N) is 2. The quantitative estimate of drug-likeness (QED) is 0.824. The molecule has 15 heavy (non-hydrogen) atoms. The summed E-state index contributed by atoms with van der Waals surface area (Å²) in [4.78, 5) is 9.05. The molecule has 1 aliphatic rings.